The van der Waals surface area contributed by atoms with Crippen LogP contribution in [-0.4, -0.2) is 22.6 Å². The number of hydrogen-bond donors (Lipinski definition) is 1. The van der Waals surface area contributed by atoms with Crippen LogP contribution >= 0.6 is 0 Å². The number of nitrogens with zero attached hydrogens (tertiary/aromatic N) is 3. The van der Waals surface area contributed by atoms with Crippen LogP contribution in [0, 0.1) is 6.92 Å². The fraction of sp³-hybridized carbons (Fsp3) is 0.400. The molecule has 1 aliphatic rings. The highest BCUT2D eigenvalue weighted by atomic mass is 16.5. The lowest BCUT2D eigenvalue weighted by Gasteiger charge is -2.16. The predicted molar refractivity (Wildman–Crippen MR) is 79.2 cm³/mol. The van der Waals surface area contributed by atoms with Gasteiger partial charge in [-0.1, -0.05) is 5.16 Å². The van der Waals surface area contributed by atoms with E-state index >= 15 is 0 Å². The van der Waals surface area contributed by atoms with Crippen molar-refractivity contribution in [3.05, 3.63) is 35.5 Å². The Morgan fingerprint density at radius 1 is 1.48 bits per heavy atom. The molecule has 1 aromatic carbocycles. The summed E-state index contributed by atoms with van der Waals surface area (Å²) in [5, 5.41) is 7.14. The maximum Gasteiger partial charge on any atom is 0.248 e. The Labute approximate surface area is 123 Å². The molecule has 0 saturated heterocycles. The van der Waals surface area contributed by atoms with E-state index in [-0.39, 0.29) is 11.9 Å². The van der Waals surface area contributed by atoms with Crippen LogP contribution in [0.4, 0.5) is 11.4 Å². The van der Waals surface area contributed by atoms with Gasteiger partial charge in [0, 0.05) is 24.8 Å². The SMILES string of the molecule is CC(=O)N1CCc2cc(NC(C)c3nc(C)no3)ccc21. The average Bonchev–Trinajstić information content (AvgIpc) is 3.04. The van der Waals surface area contributed by atoms with Crippen LogP contribution in [0.1, 0.15) is 37.2 Å². The third-order valence-electron chi connectivity index (χ3n) is 3.65. The van der Waals surface area contributed by atoms with E-state index in [2.05, 4.69) is 21.5 Å². The molecule has 21 heavy (non-hydrogen) atoms. The molecule has 1 atom stereocenters. The van der Waals surface area contributed by atoms with E-state index in [9.17, 15) is 4.79 Å². The van der Waals surface area contributed by atoms with Crippen molar-refractivity contribution in [1.29, 1.82) is 0 Å². The summed E-state index contributed by atoms with van der Waals surface area (Å²) in [6, 6.07) is 5.98. The number of fused-ring (bicyclic) bond motifs is 1. The third kappa shape index (κ3) is 2.61. The molecule has 6 heteroatoms. The van der Waals surface area contributed by atoms with Crippen molar-refractivity contribution >= 4 is 17.3 Å². The molecule has 1 aliphatic heterocycles. The Hall–Kier alpha value is -2.37. The highest BCUT2D eigenvalue weighted by Gasteiger charge is 2.22. The Kier molecular flexibility index (Phi) is 3.37. The van der Waals surface area contributed by atoms with Crippen molar-refractivity contribution in [2.45, 2.75) is 33.2 Å². The van der Waals surface area contributed by atoms with Crippen LogP contribution in [0.15, 0.2) is 22.7 Å². The van der Waals surface area contributed by atoms with E-state index in [1.807, 2.05) is 24.0 Å². The molecule has 0 radical (unpaired) electrons. The zero-order valence-corrected chi connectivity index (χ0v) is 12.4. The van der Waals surface area contributed by atoms with E-state index in [4.69, 9.17) is 4.52 Å². The van der Waals surface area contributed by atoms with Crippen LogP contribution in [-0.2, 0) is 11.2 Å². The van der Waals surface area contributed by atoms with Gasteiger partial charge in [0.1, 0.15) is 6.04 Å². The van der Waals surface area contributed by atoms with Crippen molar-refractivity contribution in [3.8, 4) is 0 Å². The molecule has 0 aliphatic carbocycles. The molecule has 1 N–H and O–H groups in total. The number of nitrogens with one attached hydrogen (secondary N) is 1. The second kappa shape index (κ2) is 5.20. The van der Waals surface area contributed by atoms with Gasteiger partial charge < -0.3 is 14.7 Å². The molecule has 0 saturated carbocycles. The quantitative estimate of drug-likeness (QED) is 0.938. The molecular weight excluding hydrogens is 268 g/mol. The van der Waals surface area contributed by atoms with Crippen molar-refractivity contribution in [2.75, 3.05) is 16.8 Å². The zero-order chi connectivity index (χ0) is 15.0. The number of amides is 1. The third-order valence-corrected chi connectivity index (χ3v) is 3.65. The van der Waals surface area contributed by atoms with E-state index < -0.39 is 0 Å². The molecule has 0 spiro atoms. The predicted octanol–water partition coefficient (Wildman–Crippen LogP) is 2.46. The van der Waals surface area contributed by atoms with E-state index in [0.29, 0.717) is 11.7 Å². The van der Waals surface area contributed by atoms with Crippen molar-refractivity contribution < 1.29 is 9.32 Å². The molecule has 2 aromatic rings. The molecular formula is C15H18N4O2. The smallest absolute Gasteiger partial charge is 0.248 e. The van der Waals surface area contributed by atoms with Gasteiger partial charge >= 0.3 is 0 Å². The minimum absolute atomic E-state index is 0.0606. The normalized spacial score (nSPS) is 14.9. The van der Waals surface area contributed by atoms with Gasteiger partial charge in [-0.15, -0.1) is 0 Å². The van der Waals surface area contributed by atoms with E-state index in [0.717, 1.165) is 24.3 Å². The lowest BCUT2D eigenvalue weighted by atomic mass is 10.1. The van der Waals surface area contributed by atoms with Crippen LogP contribution in [0.2, 0.25) is 0 Å². The summed E-state index contributed by atoms with van der Waals surface area (Å²) in [5.74, 6) is 1.28. The summed E-state index contributed by atoms with van der Waals surface area (Å²) in [6.07, 6.45) is 0.887. The topological polar surface area (TPSA) is 71.3 Å². The van der Waals surface area contributed by atoms with Gasteiger partial charge in [-0.25, -0.2) is 0 Å². The number of aromatic nitrogens is 2. The molecule has 6 nitrogen and oxygen atoms in total. The monoisotopic (exact) mass is 286 g/mol. The molecule has 1 unspecified atom stereocenters. The van der Waals surface area contributed by atoms with Crippen LogP contribution < -0.4 is 10.2 Å². The van der Waals surface area contributed by atoms with Crippen LogP contribution in [0.5, 0.6) is 0 Å². The number of hydrogen-bond acceptors (Lipinski definition) is 5. The van der Waals surface area contributed by atoms with Crippen molar-refractivity contribution in [2.24, 2.45) is 0 Å². The number of aryl methyl sites for hydroxylation is 1. The molecule has 3 rings (SSSR count). The van der Waals surface area contributed by atoms with Gasteiger partial charge in [-0.2, -0.15) is 4.98 Å². The van der Waals surface area contributed by atoms with Gasteiger partial charge in [0.15, 0.2) is 5.82 Å². The number of carbonyl (C=O) groups excluding carboxylic acids is 1. The van der Waals surface area contributed by atoms with Gasteiger partial charge in [0.25, 0.3) is 0 Å². The number of anilines is 2. The second-order valence-corrected chi connectivity index (χ2v) is 5.31. The summed E-state index contributed by atoms with van der Waals surface area (Å²) in [7, 11) is 0. The standard InChI is InChI=1S/C15H18N4O2/c1-9(15-17-10(2)18-21-15)16-13-4-5-14-12(8-13)6-7-19(14)11(3)20/h4-5,8-9,16H,6-7H2,1-3H3. The lowest BCUT2D eigenvalue weighted by molar-refractivity contribution is -0.116. The average molecular weight is 286 g/mol. The molecule has 110 valence electrons. The van der Waals surface area contributed by atoms with Crippen LogP contribution in [0.25, 0.3) is 0 Å². The molecule has 2 heterocycles. The number of rotatable bonds is 3. The zero-order valence-electron chi connectivity index (χ0n) is 12.4. The fourth-order valence-corrected chi connectivity index (χ4v) is 2.62. The highest BCUT2D eigenvalue weighted by Crippen LogP contribution is 2.31. The van der Waals surface area contributed by atoms with Gasteiger partial charge in [-0.05, 0) is 44.0 Å². The Morgan fingerprint density at radius 2 is 2.29 bits per heavy atom. The molecule has 1 aromatic heterocycles. The van der Waals surface area contributed by atoms with Crippen molar-refractivity contribution in [1.82, 2.24) is 10.1 Å². The minimum atomic E-state index is -0.0606. The van der Waals surface area contributed by atoms with Gasteiger partial charge in [-0.3, -0.25) is 4.79 Å². The summed E-state index contributed by atoms with van der Waals surface area (Å²) in [5.41, 5.74) is 3.18. The van der Waals surface area contributed by atoms with Gasteiger partial charge in [0.05, 0.1) is 0 Å². The summed E-state index contributed by atoms with van der Waals surface area (Å²) < 4.78 is 5.16. The summed E-state index contributed by atoms with van der Waals surface area (Å²) in [4.78, 5) is 17.6. The van der Waals surface area contributed by atoms with E-state index in [1.165, 1.54) is 5.56 Å². The Balaban J connectivity index is 1.77. The first-order valence-corrected chi connectivity index (χ1v) is 7.02. The first kappa shape index (κ1) is 13.6. The highest BCUT2D eigenvalue weighted by molar-refractivity contribution is 5.94. The molecule has 0 bridgehead atoms. The first-order valence-electron chi connectivity index (χ1n) is 7.02. The maximum atomic E-state index is 11.5. The first-order chi connectivity index (χ1) is 10.0. The summed E-state index contributed by atoms with van der Waals surface area (Å²) >= 11 is 0. The van der Waals surface area contributed by atoms with Crippen LogP contribution in [0.3, 0.4) is 0 Å². The van der Waals surface area contributed by atoms with Crippen molar-refractivity contribution in [3.63, 3.8) is 0 Å². The molecule has 1 amide bonds. The minimum Gasteiger partial charge on any atom is -0.374 e. The largest absolute Gasteiger partial charge is 0.374 e. The maximum absolute atomic E-state index is 11.5. The van der Waals surface area contributed by atoms with Gasteiger partial charge in [0.2, 0.25) is 11.8 Å². The Morgan fingerprint density at radius 3 is 2.95 bits per heavy atom. The molecule has 0 fully saturated rings. The second-order valence-electron chi connectivity index (χ2n) is 5.31. The number of carbonyl (C=O) groups is 1. The number of benzene rings is 1. The lowest BCUT2D eigenvalue weighted by Crippen LogP contribution is -2.25. The Bertz CT molecular complexity index is 680. The fourth-order valence-electron chi connectivity index (χ4n) is 2.62. The van der Waals surface area contributed by atoms with E-state index in [1.54, 1.807) is 13.8 Å². The summed E-state index contributed by atoms with van der Waals surface area (Å²) in [6.45, 7) is 6.13.